The number of anilines is 1. The Morgan fingerprint density at radius 2 is 1.72 bits per heavy atom. The van der Waals surface area contributed by atoms with Gasteiger partial charge in [-0.2, -0.15) is 0 Å². The van der Waals surface area contributed by atoms with Gasteiger partial charge in [0.15, 0.2) is 0 Å². The minimum atomic E-state index is -1.34. The molecular formula is C26H31N5O5. The van der Waals surface area contributed by atoms with E-state index < -0.39 is 29.9 Å². The quantitative estimate of drug-likeness (QED) is 0.173. The van der Waals surface area contributed by atoms with Crippen LogP contribution in [-0.4, -0.2) is 65.9 Å². The van der Waals surface area contributed by atoms with Gasteiger partial charge in [0, 0.05) is 35.0 Å². The summed E-state index contributed by atoms with van der Waals surface area (Å²) in [6.45, 7) is 3.01. The Bertz CT molecular complexity index is 1120. The minimum absolute atomic E-state index is 0.0445. The molecule has 1 heterocycles. The third kappa shape index (κ3) is 7.13. The van der Waals surface area contributed by atoms with Crippen LogP contribution >= 0.6 is 0 Å². The summed E-state index contributed by atoms with van der Waals surface area (Å²) in [6, 6.07) is 12.0. The van der Waals surface area contributed by atoms with Crippen molar-refractivity contribution in [1.29, 1.82) is 0 Å². The molecular weight excluding hydrogens is 462 g/mol. The summed E-state index contributed by atoms with van der Waals surface area (Å²) < 4.78 is 0. The lowest BCUT2D eigenvalue weighted by atomic mass is 10.1. The zero-order chi connectivity index (χ0) is 26.1. The van der Waals surface area contributed by atoms with Gasteiger partial charge in [-0.3, -0.25) is 24.5 Å². The number of nitrogens with zero attached hydrogens (tertiary/aromatic N) is 1. The zero-order valence-corrected chi connectivity index (χ0v) is 20.0. The molecule has 1 unspecified atom stereocenters. The third-order valence-corrected chi connectivity index (χ3v) is 5.89. The van der Waals surface area contributed by atoms with Crippen molar-refractivity contribution in [2.24, 2.45) is 5.73 Å². The number of aliphatic hydroxyl groups is 1. The molecule has 10 heteroatoms. The number of nitrogens with one attached hydrogen (secondary N) is 3. The van der Waals surface area contributed by atoms with E-state index in [1.165, 1.54) is 11.8 Å². The molecule has 0 spiro atoms. The number of hydroxylamine groups is 1. The highest BCUT2D eigenvalue weighted by Gasteiger charge is 2.35. The number of benzene rings is 2. The molecule has 1 aliphatic rings. The average Bonchev–Trinajstić information content (AvgIpc) is 2.89. The molecule has 7 N–H and O–H groups in total. The van der Waals surface area contributed by atoms with E-state index >= 15 is 0 Å². The molecule has 0 saturated carbocycles. The second-order valence-corrected chi connectivity index (χ2v) is 8.59. The summed E-state index contributed by atoms with van der Waals surface area (Å²) >= 11 is 0. The minimum Gasteiger partial charge on any atom is -0.391 e. The predicted molar refractivity (Wildman–Crippen MR) is 134 cm³/mol. The number of nitrogens with two attached hydrogens (primary N) is 1. The van der Waals surface area contributed by atoms with Gasteiger partial charge in [0.05, 0.1) is 12.6 Å². The van der Waals surface area contributed by atoms with Gasteiger partial charge in [0.25, 0.3) is 5.91 Å². The number of aliphatic hydroxyl groups excluding tert-OH is 1. The Kier molecular flexibility index (Phi) is 9.55. The van der Waals surface area contributed by atoms with Crippen molar-refractivity contribution in [3.63, 3.8) is 0 Å². The monoisotopic (exact) mass is 493 g/mol. The van der Waals surface area contributed by atoms with Gasteiger partial charge in [0.1, 0.15) is 6.04 Å². The molecule has 1 aliphatic heterocycles. The Labute approximate surface area is 209 Å². The smallest absolute Gasteiger partial charge is 0.269 e. The first kappa shape index (κ1) is 26.8. The van der Waals surface area contributed by atoms with Crippen LogP contribution in [0.2, 0.25) is 0 Å². The van der Waals surface area contributed by atoms with Crippen molar-refractivity contribution in [2.75, 3.05) is 24.5 Å². The number of rotatable bonds is 8. The Hall–Kier alpha value is -3.75. The second kappa shape index (κ2) is 12.8. The van der Waals surface area contributed by atoms with Crippen molar-refractivity contribution in [1.82, 2.24) is 16.1 Å². The van der Waals surface area contributed by atoms with Gasteiger partial charge in [0.2, 0.25) is 11.8 Å². The van der Waals surface area contributed by atoms with Crippen molar-refractivity contribution in [3.05, 3.63) is 65.2 Å². The van der Waals surface area contributed by atoms with Crippen molar-refractivity contribution in [3.8, 4) is 11.8 Å². The number of hydrogen-bond donors (Lipinski definition) is 6. The number of carbonyl (C=O) groups is 3. The molecule has 1 saturated heterocycles. The van der Waals surface area contributed by atoms with Gasteiger partial charge in [-0.1, -0.05) is 11.8 Å². The van der Waals surface area contributed by atoms with E-state index in [-0.39, 0.29) is 12.6 Å². The summed E-state index contributed by atoms with van der Waals surface area (Å²) in [4.78, 5) is 38.0. The van der Waals surface area contributed by atoms with E-state index in [4.69, 9.17) is 5.73 Å². The number of hydrogen-bond acceptors (Lipinski definition) is 7. The zero-order valence-electron chi connectivity index (χ0n) is 20.0. The van der Waals surface area contributed by atoms with Crippen molar-refractivity contribution >= 4 is 23.4 Å². The Morgan fingerprint density at radius 1 is 1.11 bits per heavy atom. The molecule has 0 bridgehead atoms. The van der Waals surface area contributed by atoms with Crippen LogP contribution in [0.3, 0.4) is 0 Å². The average molecular weight is 494 g/mol. The van der Waals surface area contributed by atoms with Crippen LogP contribution < -0.4 is 26.7 Å². The maximum absolute atomic E-state index is 13.2. The van der Waals surface area contributed by atoms with Crippen LogP contribution in [0.15, 0.2) is 48.5 Å². The highest BCUT2D eigenvalue weighted by atomic mass is 16.5. The van der Waals surface area contributed by atoms with E-state index in [1.807, 2.05) is 0 Å². The standard InChI is InChI=1S/C26H31N5O5/c1-17(32)24(26(35)30-36)31(23(33)16-29-21-3-2-14-28-15-21)22-12-8-19(9-13-22)5-4-18-6-10-20(11-7-18)25(27)34/h6-13,17,21,24,28-29,32,36H,2-3,14-16H2,1H3,(H2,27,34)(H,30,35)/t17-,21?,24+/m1/s1. The van der Waals surface area contributed by atoms with Gasteiger partial charge in [-0.25, -0.2) is 5.48 Å². The van der Waals surface area contributed by atoms with Gasteiger partial charge >= 0.3 is 0 Å². The fourth-order valence-corrected chi connectivity index (χ4v) is 3.99. The fourth-order valence-electron chi connectivity index (χ4n) is 3.99. The van der Waals surface area contributed by atoms with E-state index in [2.05, 4.69) is 22.5 Å². The summed E-state index contributed by atoms with van der Waals surface area (Å²) in [5, 5.41) is 26.0. The molecule has 2 aromatic carbocycles. The first-order valence-electron chi connectivity index (χ1n) is 11.7. The topological polar surface area (TPSA) is 157 Å². The van der Waals surface area contributed by atoms with Gasteiger partial charge in [-0.05, 0) is 74.8 Å². The molecule has 0 radical (unpaired) electrons. The molecule has 3 amide bonds. The number of carbonyl (C=O) groups excluding carboxylic acids is 3. The highest BCUT2D eigenvalue weighted by Crippen LogP contribution is 2.21. The van der Waals surface area contributed by atoms with E-state index in [0.29, 0.717) is 22.4 Å². The van der Waals surface area contributed by atoms with Crippen LogP contribution in [-0.2, 0) is 9.59 Å². The summed E-state index contributed by atoms with van der Waals surface area (Å²) in [5.74, 6) is 4.15. The summed E-state index contributed by atoms with van der Waals surface area (Å²) in [5.41, 5.74) is 8.90. The lowest BCUT2D eigenvalue weighted by Gasteiger charge is -2.33. The van der Waals surface area contributed by atoms with Crippen molar-refractivity contribution < 1.29 is 24.7 Å². The largest absolute Gasteiger partial charge is 0.391 e. The van der Waals surface area contributed by atoms with E-state index in [0.717, 1.165) is 25.9 Å². The Morgan fingerprint density at radius 3 is 2.22 bits per heavy atom. The summed E-state index contributed by atoms with van der Waals surface area (Å²) in [6.07, 6.45) is 0.673. The normalized spacial score (nSPS) is 16.7. The third-order valence-electron chi connectivity index (χ3n) is 5.89. The van der Waals surface area contributed by atoms with Crippen LogP contribution in [0, 0.1) is 11.8 Å². The molecule has 10 nitrogen and oxygen atoms in total. The molecule has 0 aliphatic carbocycles. The lowest BCUT2D eigenvalue weighted by Crippen LogP contribution is -2.57. The Balaban J connectivity index is 1.81. The van der Waals surface area contributed by atoms with Crippen LogP contribution in [0.4, 0.5) is 5.69 Å². The molecule has 3 rings (SSSR count). The van der Waals surface area contributed by atoms with E-state index in [9.17, 15) is 24.7 Å². The van der Waals surface area contributed by atoms with Crippen LogP contribution in [0.5, 0.6) is 0 Å². The first-order chi connectivity index (χ1) is 17.3. The number of piperidine rings is 1. The second-order valence-electron chi connectivity index (χ2n) is 8.59. The molecule has 3 atom stereocenters. The SMILES string of the molecule is C[C@@H](O)[C@@H](C(=O)NO)N(C(=O)CNC1CCCNC1)c1ccc(C#Cc2ccc(C(N)=O)cc2)cc1. The molecule has 2 aromatic rings. The lowest BCUT2D eigenvalue weighted by molar-refractivity contribution is -0.135. The predicted octanol–water partition coefficient (Wildman–Crippen LogP) is 0.115. The maximum Gasteiger partial charge on any atom is 0.269 e. The number of primary amides is 1. The highest BCUT2D eigenvalue weighted by molar-refractivity contribution is 6.01. The number of amides is 3. The van der Waals surface area contributed by atoms with Gasteiger partial charge in [-0.15, -0.1) is 0 Å². The van der Waals surface area contributed by atoms with Crippen molar-refractivity contribution in [2.45, 2.75) is 38.0 Å². The maximum atomic E-state index is 13.2. The van der Waals surface area contributed by atoms with Crippen LogP contribution in [0.25, 0.3) is 0 Å². The van der Waals surface area contributed by atoms with Crippen LogP contribution in [0.1, 0.15) is 41.3 Å². The summed E-state index contributed by atoms with van der Waals surface area (Å²) in [7, 11) is 0. The molecule has 0 aromatic heterocycles. The molecule has 36 heavy (non-hydrogen) atoms. The van der Waals surface area contributed by atoms with E-state index in [1.54, 1.807) is 54.0 Å². The van der Waals surface area contributed by atoms with Gasteiger partial charge < -0.3 is 21.5 Å². The first-order valence-corrected chi connectivity index (χ1v) is 11.7. The molecule has 1 fully saturated rings. The molecule has 190 valence electrons. The fraction of sp³-hybridized carbons (Fsp3) is 0.346.